The van der Waals surface area contributed by atoms with Crippen LogP contribution in [0, 0.1) is 0 Å². The van der Waals surface area contributed by atoms with Gasteiger partial charge in [0.05, 0.1) is 6.61 Å². The second-order valence-electron chi connectivity index (χ2n) is 11.8. The minimum atomic E-state index is -0.527. The van der Waals surface area contributed by atoms with Crippen molar-refractivity contribution in [1.29, 1.82) is 0 Å². The maximum Gasteiger partial charge on any atom is 0.306 e. The van der Waals surface area contributed by atoms with Crippen LogP contribution in [0.5, 0.6) is 0 Å². The van der Waals surface area contributed by atoms with E-state index in [0.717, 1.165) is 57.8 Å². The molecule has 0 radical (unpaired) electrons. The molecule has 0 aliphatic carbocycles. The van der Waals surface area contributed by atoms with Gasteiger partial charge in [-0.25, -0.2) is 0 Å². The molecule has 0 aromatic heterocycles. The van der Waals surface area contributed by atoms with E-state index in [4.69, 9.17) is 14.2 Å². The summed E-state index contributed by atoms with van der Waals surface area (Å²) in [5, 5.41) is 0. The van der Waals surface area contributed by atoms with E-state index in [9.17, 15) is 9.59 Å². The van der Waals surface area contributed by atoms with E-state index in [1.807, 2.05) is 0 Å². The van der Waals surface area contributed by atoms with Crippen molar-refractivity contribution in [3.05, 3.63) is 24.3 Å². The molecule has 0 bridgehead atoms. The summed E-state index contributed by atoms with van der Waals surface area (Å²) in [6.07, 6.45) is 34.6. The van der Waals surface area contributed by atoms with Crippen molar-refractivity contribution in [2.24, 2.45) is 0 Å². The van der Waals surface area contributed by atoms with Crippen LogP contribution in [0.4, 0.5) is 0 Å². The molecule has 0 aromatic carbocycles. The van der Waals surface area contributed by atoms with E-state index in [2.05, 4.69) is 45.1 Å². The van der Waals surface area contributed by atoms with Gasteiger partial charge in [-0.05, 0) is 44.9 Å². The number of hydrogen-bond acceptors (Lipinski definition) is 5. The topological polar surface area (TPSA) is 61.8 Å². The normalized spacial score (nSPS) is 12.4. The molecular formula is C37H68O5. The van der Waals surface area contributed by atoms with Crippen molar-refractivity contribution in [1.82, 2.24) is 0 Å². The molecule has 0 rings (SSSR count). The minimum Gasteiger partial charge on any atom is -0.462 e. The fourth-order valence-electron chi connectivity index (χ4n) is 4.78. The van der Waals surface area contributed by atoms with Crippen molar-refractivity contribution in [3.63, 3.8) is 0 Å². The predicted octanol–water partition coefficient (Wildman–Crippen LogP) is 11.0. The van der Waals surface area contributed by atoms with Crippen LogP contribution < -0.4 is 0 Å². The highest BCUT2D eigenvalue weighted by atomic mass is 16.6. The Kier molecular flexibility index (Phi) is 32.6. The molecule has 0 fully saturated rings. The molecule has 1 atom stereocenters. The number of carbonyl (C=O) groups excluding carboxylic acids is 2. The maximum atomic E-state index is 12.5. The second-order valence-corrected chi connectivity index (χ2v) is 11.8. The lowest BCUT2D eigenvalue weighted by Gasteiger charge is -2.18. The predicted molar refractivity (Wildman–Crippen MR) is 178 cm³/mol. The number of unbranched alkanes of at least 4 members (excludes halogenated alkanes) is 17. The van der Waals surface area contributed by atoms with Crippen LogP contribution in [0.3, 0.4) is 0 Å². The molecule has 0 saturated carbocycles. The van der Waals surface area contributed by atoms with Crippen LogP contribution in [0.25, 0.3) is 0 Å². The number of rotatable bonds is 32. The van der Waals surface area contributed by atoms with Crippen molar-refractivity contribution in [2.75, 3.05) is 19.8 Å². The van der Waals surface area contributed by atoms with Gasteiger partial charge in [-0.1, -0.05) is 141 Å². The first-order valence-electron chi connectivity index (χ1n) is 17.9. The van der Waals surface area contributed by atoms with Gasteiger partial charge in [0, 0.05) is 19.4 Å². The summed E-state index contributed by atoms with van der Waals surface area (Å²) in [6, 6.07) is 0. The van der Waals surface area contributed by atoms with Gasteiger partial charge in [-0.3, -0.25) is 9.59 Å². The quantitative estimate of drug-likeness (QED) is 0.0442. The van der Waals surface area contributed by atoms with Gasteiger partial charge in [0.15, 0.2) is 6.10 Å². The highest BCUT2D eigenvalue weighted by molar-refractivity contribution is 5.70. The Morgan fingerprint density at radius 1 is 0.524 bits per heavy atom. The van der Waals surface area contributed by atoms with Crippen molar-refractivity contribution < 1.29 is 23.8 Å². The Morgan fingerprint density at radius 3 is 1.67 bits per heavy atom. The summed E-state index contributed by atoms with van der Waals surface area (Å²) in [6.45, 7) is 7.66. The van der Waals surface area contributed by atoms with E-state index in [-0.39, 0.29) is 25.2 Å². The summed E-state index contributed by atoms with van der Waals surface area (Å²) >= 11 is 0. The molecule has 0 N–H and O–H groups in total. The summed E-state index contributed by atoms with van der Waals surface area (Å²) in [5.41, 5.74) is 0. The zero-order valence-corrected chi connectivity index (χ0v) is 28.0. The number of ether oxygens (including phenoxy) is 3. The number of esters is 2. The van der Waals surface area contributed by atoms with Gasteiger partial charge >= 0.3 is 11.9 Å². The molecule has 5 heteroatoms. The monoisotopic (exact) mass is 593 g/mol. The smallest absolute Gasteiger partial charge is 0.306 e. The number of hydrogen-bond donors (Lipinski definition) is 0. The molecule has 42 heavy (non-hydrogen) atoms. The summed E-state index contributed by atoms with van der Waals surface area (Å²) in [7, 11) is 0. The molecule has 0 aliphatic heterocycles. The van der Waals surface area contributed by atoms with Gasteiger partial charge in [0.25, 0.3) is 0 Å². The molecule has 5 nitrogen and oxygen atoms in total. The third-order valence-corrected chi connectivity index (χ3v) is 7.47. The van der Waals surface area contributed by atoms with E-state index in [1.54, 1.807) is 0 Å². The maximum absolute atomic E-state index is 12.5. The average Bonchev–Trinajstić information content (AvgIpc) is 2.99. The lowest BCUT2D eigenvalue weighted by atomic mass is 10.1. The first-order chi connectivity index (χ1) is 20.6. The first-order valence-corrected chi connectivity index (χ1v) is 17.9. The van der Waals surface area contributed by atoms with E-state index < -0.39 is 6.10 Å². The molecule has 0 heterocycles. The number of allylic oxidation sites excluding steroid dienone is 4. The van der Waals surface area contributed by atoms with Crippen molar-refractivity contribution in [2.45, 2.75) is 181 Å². The van der Waals surface area contributed by atoms with Crippen LogP contribution in [0.2, 0.25) is 0 Å². The van der Waals surface area contributed by atoms with Gasteiger partial charge in [-0.15, -0.1) is 0 Å². The highest BCUT2D eigenvalue weighted by Crippen LogP contribution is 2.12. The fourth-order valence-corrected chi connectivity index (χ4v) is 4.78. The van der Waals surface area contributed by atoms with Gasteiger partial charge in [0.2, 0.25) is 0 Å². The molecule has 0 amide bonds. The molecule has 0 spiro atoms. The van der Waals surface area contributed by atoms with Gasteiger partial charge in [0.1, 0.15) is 6.61 Å². The second kappa shape index (κ2) is 33.9. The van der Waals surface area contributed by atoms with E-state index in [1.165, 1.54) is 83.5 Å². The Labute approximate surface area is 260 Å². The standard InChI is InChI=1S/C37H68O5/c1-4-7-10-13-16-17-18-19-20-21-23-24-27-30-36(38)41-34-35(33-40-32-29-26-15-12-9-6-3)42-37(39)31-28-25-22-14-11-8-5-2/h10,13,17-18,35H,4-9,11-12,14-16,19-34H2,1-3H3/b13-10-,18-17-. The van der Waals surface area contributed by atoms with Crippen LogP contribution in [-0.4, -0.2) is 37.9 Å². The Morgan fingerprint density at radius 2 is 1.05 bits per heavy atom. The zero-order chi connectivity index (χ0) is 30.8. The molecule has 246 valence electrons. The summed E-state index contributed by atoms with van der Waals surface area (Å²) in [4.78, 5) is 24.8. The lowest BCUT2D eigenvalue weighted by Crippen LogP contribution is -2.30. The molecule has 1 unspecified atom stereocenters. The number of carbonyl (C=O) groups is 2. The minimum absolute atomic E-state index is 0.0814. The van der Waals surface area contributed by atoms with Crippen LogP contribution >= 0.6 is 0 Å². The van der Waals surface area contributed by atoms with E-state index >= 15 is 0 Å². The lowest BCUT2D eigenvalue weighted by molar-refractivity contribution is -0.163. The largest absolute Gasteiger partial charge is 0.462 e. The molecular weight excluding hydrogens is 524 g/mol. The Balaban J connectivity index is 4.15. The summed E-state index contributed by atoms with van der Waals surface area (Å²) in [5.74, 6) is -0.423. The Bertz CT molecular complexity index is 642. The van der Waals surface area contributed by atoms with Crippen LogP contribution in [0.15, 0.2) is 24.3 Å². The SMILES string of the molecule is CCC/C=C\C/C=C\CCCCCCCC(=O)OCC(COCCCCCCCC)OC(=O)CCCCCCCCC. The highest BCUT2D eigenvalue weighted by Gasteiger charge is 2.17. The van der Waals surface area contributed by atoms with Gasteiger partial charge in [-0.2, -0.15) is 0 Å². The van der Waals surface area contributed by atoms with E-state index in [0.29, 0.717) is 19.4 Å². The van der Waals surface area contributed by atoms with Crippen molar-refractivity contribution >= 4 is 11.9 Å². The Hall–Kier alpha value is -1.62. The molecule has 0 aromatic rings. The zero-order valence-electron chi connectivity index (χ0n) is 28.0. The first kappa shape index (κ1) is 40.4. The molecule has 0 saturated heterocycles. The fraction of sp³-hybridized carbons (Fsp3) is 0.838. The summed E-state index contributed by atoms with van der Waals surface area (Å²) < 4.78 is 17.0. The average molecular weight is 593 g/mol. The van der Waals surface area contributed by atoms with Gasteiger partial charge < -0.3 is 14.2 Å². The third kappa shape index (κ3) is 31.3. The van der Waals surface area contributed by atoms with Crippen LogP contribution in [0.1, 0.15) is 175 Å². The van der Waals surface area contributed by atoms with Crippen LogP contribution in [-0.2, 0) is 23.8 Å². The van der Waals surface area contributed by atoms with Crippen molar-refractivity contribution in [3.8, 4) is 0 Å². The molecule has 0 aliphatic rings. The third-order valence-electron chi connectivity index (χ3n) is 7.47.